The Morgan fingerprint density at radius 2 is 1.04 bits per heavy atom. The molecule has 0 saturated carbocycles. The Labute approximate surface area is 299 Å². The van der Waals surface area contributed by atoms with Crippen molar-refractivity contribution in [1.29, 1.82) is 0 Å². The number of rotatable bonds is 13. The third-order valence-corrected chi connectivity index (χ3v) is 9.11. The summed E-state index contributed by atoms with van der Waals surface area (Å²) in [5.41, 5.74) is -3.13. The first-order valence-electron chi connectivity index (χ1n) is 15.2. The Hall–Kier alpha value is -5.30. The van der Waals surface area contributed by atoms with Gasteiger partial charge in [0, 0.05) is 19.3 Å². The van der Waals surface area contributed by atoms with E-state index < -0.39 is 48.7 Å². The van der Waals surface area contributed by atoms with E-state index in [-0.39, 0.29) is 43.0 Å². The zero-order chi connectivity index (χ0) is 39.8. The molecule has 4 rings (SSSR count). The number of Topliss-reactive ketones (excluding diaryl/α,β-unsaturated/α-hetero) is 1. The summed E-state index contributed by atoms with van der Waals surface area (Å²) >= 11 is 0. The van der Waals surface area contributed by atoms with Gasteiger partial charge in [0.25, 0.3) is 0 Å². The van der Waals surface area contributed by atoms with E-state index in [4.69, 9.17) is 5.73 Å². The predicted octanol–water partition coefficient (Wildman–Crippen LogP) is 6.90. The summed E-state index contributed by atoms with van der Waals surface area (Å²) in [6.45, 7) is 1.69. The summed E-state index contributed by atoms with van der Waals surface area (Å²) in [5.74, 6) is -1.79. The van der Waals surface area contributed by atoms with E-state index in [1.807, 2.05) is 0 Å². The van der Waals surface area contributed by atoms with Crippen molar-refractivity contribution in [2.45, 2.75) is 50.0 Å². The van der Waals surface area contributed by atoms with Gasteiger partial charge in [-0.15, -0.1) is 0 Å². The molecule has 0 unspecified atom stereocenters. The van der Waals surface area contributed by atoms with Crippen LogP contribution in [0.5, 0.6) is 23.0 Å². The third kappa shape index (κ3) is 11.9. The number of carbonyl (C=O) groups excluding carboxylic acids is 2. The highest BCUT2D eigenvalue weighted by molar-refractivity contribution is 7.88. The second-order valence-corrected chi connectivity index (χ2v) is 14.1. The van der Waals surface area contributed by atoms with Gasteiger partial charge in [0.15, 0.2) is 0 Å². The highest BCUT2D eigenvalue weighted by atomic mass is 32.2. The van der Waals surface area contributed by atoms with E-state index >= 15 is 0 Å². The van der Waals surface area contributed by atoms with Crippen molar-refractivity contribution in [3.05, 3.63) is 96.1 Å². The lowest BCUT2D eigenvalue weighted by Gasteiger charge is -2.14. The molecule has 4 aromatic carbocycles. The SMILES string of the molecule is CCC(=O)CCc1cc(OS(=O)(=O)C(F)(F)F)ccc1-c1cccc(O)c1.NC(=O)CCc1cc(OS(=O)(=O)C(F)(F)F)ccc1-c1cccc(O)c1. The average Bonchev–Trinajstić information content (AvgIpc) is 3.05. The lowest BCUT2D eigenvalue weighted by molar-refractivity contribution is -0.119. The van der Waals surface area contributed by atoms with Crippen LogP contribution in [0.2, 0.25) is 0 Å². The number of aryl methyl sites for hydroxylation is 2. The first-order valence-corrected chi connectivity index (χ1v) is 18.0. The number of phenols is 2. The van der Waals surface area contributed by atoms with Gasteiger partial charge in [-0.2, -0.15) is 43.2 Å². The Balaban J connectivity index is 0.000000286. The molecule has 0 aliphatic heterocycles. The van der Waals surface area contributed by atoms with Crippen LogP contribution in [0.25, 0.3) is 22.3 Å². The van der Waals surface area contributed by atoms with Crippen LogP contribution in [0.3, 0.4) is 0 Å². The quantitative estimate of drug-likeness (QED) is 0.0730. The van der Waals surface area contributed by atoms with Crippen LogP contribution in [0.1, 0.15) is 37.3 Å². The van der Waals surface area contributed by atoms with Crippen molar-refractivity contribution >= 4 is 31.9 Å². The number of alkyl halides is 6. The molecule has 0 radical (unpaired) electrons. The molecule has 0 spiro atoms. The van der Waals surface area contributed by atoms with Crippen molar-refractivity contribution in [1.82, 2.24) is 0 Å². The van der Waals surface area contributed by atoms with Gasteiger partial charge in [-0.1, -0.05) is 43.3 Å². The lowest BCUT2D eigenvalue weighted by atomic mass is 9.95. The van der Waals surface area contributed by atoms with Crippen LogP contribution in [0.15, 0.2) is 84.9 Å². The molecule has 0 atom stereocenters. The number of ketones is 1. The molecule has 0 aromatic heterocycles. The highest BCUT2D eigenvalue weighted by Crippen LogP contribution is 2.35. The lowest BCUT2D eigenvalue weighted by Crippen LogP contribution is -2.28. The first kappa shape index (κ1) is 42.1. The van der Waals surface area contributed by atoms with Crippen LogP contribution in [-0.2, 0) is 42.7 Å². The van der Waals surface area contributed by atoms with Gasteiger partial charge in [-0.05, 0) is 94.8 Å². The van der Waals surface area contributed by atoms with Crippen molar-refractivity contribution in [3.8, 4) is 45.3 Å². The highest BCUT2D eigenvalue weighted by Gasteiger charge is 2.49. The van der Waals surface area contributed by atoms with Crippen LogP contribution in [0, 0.1) is 0 Å². The minimum absolute atomic E-state index is 0.0111. The zero-order valence-electron chi connectivity index (χ0n) is 27.4. The molecule has 0 heterocycles. The number of nitrogens with two attached hydrogens (primary N) is 1. The predicted molar refractivity (Wildman–Crippen MR) is 179 cm³/mol. The molecule has 19 heteroatoms. The average molecular weight is 792 g/mol. The fourth-order valence-corrected chi connectivity index (χ4v) is 5.53. The fourth-order valence-electron chi connectivity index (χ4n) is 4.62. The van der Waals surface area contributed by atoms with Gasteiger partial charge >= 0.3 is 31.3 Å². The van der Waals surface area contributed by atoms with Crippen LogP contribution >= 0.6 is 0 Å². The maximum Gasteiger partial charge on any atom is 0.534 e. The molecular formula is C34H31F6NO10S2. The van der Waals surface area contributed by atoms with Gasteiger partial charge in [0.2, 0.25) is 5.91 Å². The van der Waals surface area contributed by atoms with Crippen molar-refractivity contribution in [2.24, 2.45) is 5.73 Å². The summed E-state index contributed by atoms with van der Waals surface area (Å²) in [6, 6.07) is 19.3. The first-order chi connectivity index (χ1) is 24.5. The van der Waals surface area contributed by atoms with E-state index in [2.05, 4.69) is 8.37 Å². The third-order valence-electron chi connectivity index (χ3n) is 7.15. The van der Waals surface area contributed by atoms with Gasteiger partial charge < -0.3 is 24.3 Å². The number of aromatic hydroxyl groups is 2. The van der Waals surface area contributed by atoms with E-state index in [1.165, 1.54) is 36.4 Å². The molecule has 286 valence electrons. The Bertz CT molecular complexity index is 2170. The number of amides is 1. The van der Waals surface area contributed by atoms with Crippen LogP contribution < -0.4 is 14.1 Å². The molecule has 53 heavy (non-hydrogen) atoms. The largest absolute Gasteiger partial charge is 0.534 e. The number of carbonyl (C=O) groups is 2. The smallest absolute Gasteiger partial charge is 0.508 e. The van der Waals surface area contributed by atoms with E-state index in [9.17, 15) is 63.0 Å². The van der Waals surface area contributed by atoms with E-state index in [0.717, 1.165) is 24.3 Å². The van der Waals surface area contributed by atoms with Crippen LogP contribution in [-0.4, -0.2) is 49.8 Å². The Morgan fingerprint density at radius 3 is 1.38 bits per heavy atom. The normalized spacial score (nSPS) is 12.0. The topological polar surface area (TPSA) is 187 Å². The van der Waals surface area contributed by atoms with Gasteiger partial charge in [0.1, 0.15) is 28.8 Å². The maximum absolute atomic E-state index is 12.5. The van der Waals surface area contributed by atoms with Crippen molar-refractivity contribution in [2.75, 3.05) is 0 Å². The Morgan fingerprint density at radius 1 is 0.642 bits per heavy atom. The zero-order valence-corrected chi connectivity index (χ0v) is 29.1. The van der Waals surface area contributed by atoms with Crippen molar-refractivity contribution < 1.29 is 71.3 Å². The number of hydrogen-bond donors (Lipinski definition) is 3. The second-order valence-electron chi connectivity index (χ2n) is 11.1. The number of halogens is 6. The number of phenolic OH excluding ortho intramolecular Hbond substituents is 2. The number of benzene rings is 4. The standard InChI is InChI=1S/C18H17F3O5S.C16H14F3NO5S/c1-2-14(22)7-6-13-11-16(26-27(24,25)18(19,20)21)8-9-17(13)12-4-3-5-15(23)10-12;17-16(18,19)26(23,24)25-13-5-6-14(10-2-1-3-12(21)8-10)11(9-13)4-7-15(20)22/h3-5,8-11,23H,2,6-7H2,1H3;1-3,5-6,8-9,21H,4,7H2,(H2,20,22). The number of hydrogen-bond acceptors (Lipinski definition) is 10. The number of primary amides is 1. The summed E-state index contributed by atoms with van der Waals surface area (Å²) in [7, 11) is -11.6. The molecule has 0 aliphatic rings. The molecule has 1 amide bonds. The second kappa shape index (κ2) is 17.0. The molecule has 0 fully saturated rings. The minimum atomic E-state index is -5.81. The van der Waals surface area contributed by atoms with Gasteiger partial charge in [-0.3, -0.25) is 9.59 Å². The van der Waals surface area contributed by atoms with Gasteiger partial charge in [0.05, 0.1) is 0 Å². The maximum atomic E-state index is 12.5. The Kier molecular flexibility index (Phi) is 13.5. The van der Waals surface area contributed by atoms with E-state index in [0.29, 0.717) is 39.8 Å². The fraction of sp³-hybridized carbons (Fsp3) is 0.235. The summed E-state index contributed by atoms with van der Waals surface area (Å²) in [4.78, 5) is 22.6. The summed E-state index contributed by atoms with van der Waals surface area (Å²) < 4.78 is 128. The molecule has 0 bridgehead atoms. The van der Waals surface area contributed by atoms with Crippen LogP contribution in [0.4, 0.5) is 26.3 Å². The molecule has 4 N–H and O–H groups in total. The molecule has 0 aliphatic carbocycles. The molecule has 0 saturated heterocycles. The monoisotopic (exact) mass is 791 g/mol. The summed E-state index contributed by atoms with van der Waals surface area (Å²) in [5, 5.41) is 19.2. The molecule has 11 nitrogen and oxygen atoms in total. The van der Waals surface area contributed by atoms with Gasteiger partial charge in [-0.25, -0.2) is 0 Å². The minimum Gasteiger partial charge on any atom is -0.508 e. The molecular weight excluding hydrogens is 760 g/mol. The summed E-state index contributed by atoms with van der Waals surface area (Å²) in [6.07, 6.45) is 0.559. The molecule has 4 aromatic rings. The van der Waals surface area contributed by atoms with Crippen molar-refractivity contribution in [3.63, 3.8) is 0 Å². The van der Waals surface area contributed by atoms with E-state index in [1.54, 1.807) is 31.2 Å².